The van der Waals surface area contributed by atoms with E-state index in [9.17, 15) is 0 Å². The van der Waals surface area contributed by atoms with Gasteiger partial charge >= 0.3 is 0 Å². The Morgan fingerprint density at radius 1 is 0.920 bits per heavy atom. The van der Waals surface area contributed by atoms with Gasteiger partial charge in [0, 0.05) is 16.8 Å². The molecule has 0 aliphatic heterocycles. The second-order valence-electron chi connectivity index (χ2n) is 6.07. The summed E-state index contributed by atoms with van der Waals surface area (Å²) < 4.78 is 8.24. The van der Waals surface area contributed by atoms with Crippen molar-refractivity contribution in [1.82, 2.24) is 14.8 Å². The van der Waals surface area contributed by atoms with Crippen LogP contribution in [0.2, 0.25) is 0 Å². The van der Waals surface area contributed by atoms with Gasteiger partial charge in [-0.3, -0.25) is 0 Å². The van der Waals surface area contributed by atoms with Crippen LogP contribution in [-0.4, -0.2) is 14.8 Å². The molecule has 4 rings (SSSR count). The van der Waals surface area contributed by atoms with E-state index < -0.39 is 0 Å². The quantitative estimate of drug-likeness (QED) is 0.548. The van der Waals surface area contributed by atoms with Crippen LogP contribution in [0.15, 0.2) is 66.9 Å². The molecule has 0 aliphatic carbocycles. The van der Waals surface area contributed by atoms with Crippen LogP contribution in [0.25, 0.3) is 16.6 Å². The van der Waals surface area contributed by atoms with Crippen LogP contribution in [0.1, 0.15) is 16.8 Å². The maximum Gasteiger partial charge on any atom is 0.258 e. The average Bonchev–Trinajstić information content (AvgIpc) is 2.93. The standard InChI is InChI=1S/C21H19N3O/c1-15-16(2)24(18-11-7-4-8-12-18)20-19(15)13-22-23-21(20)25-14-17-9-5-3-6-10-17/h3-13H,14H2,1-2H3. The molecule has 0 N–H and O–H groups in total. The molecule has 4 aromatic rings. The molecule has 0 radical (unpaired) electrons. The normalized spacial score (nSPS) is 11.0. The van der Waals surface area contributed by atoms with Crippen molar-refractivity contribution in [1.29, 1.82) is 0 Å². The highest BCUT2D eigenvalue weighted by Gasteiger charge is 2.18. The largest absolute Gasteiger partial charge is 0.470 e. The fourth-order valence-electron chi connectivity index (χ4n) is 3.11. The molecule has 0 spiro atoms. The molecule has 0 fully saturated rings. The van der Waals surface area contributed by atoms with E-state index in [-0.39, 0.29) is 0 Å². The van der Waals surface area contributed by atoms with Gasteiger partial charge in [-0.15, -0.1) is 5.10 Å². The number of benzene rings is 2. The van der Waals surface area contributed by atoms with E-state index in [2.05, 4.69) is 40.7 Å². The zero-order valence-corrected chi connectivity index (χ0v) is 14.3. The van der Waals surface area contributed by atoms with Gasteiger partial charge in [-0.05, 0) is 37.1 Å². The topological polar surface area (TPSA) is 39.9 Å². The van der Waals surface area contributed by atoms with E-state index in [1.165, 1.54) is 11.3 Å². The lowest BCUT2D eigenvalue weighted by Gasteiger charge is -2.11. The molecule has 2 heterocycles. The molecule has 25 heavy (non-hydrogen) atoms. The zero-order valence-electron chi connectivity index (χ0n) is 14.3. The summed E-state index contributed by atoms with van der Waals surface area (Å²) in [5.74, 6) is 0.557. The van der Waals surface area contributed by atoms with E-state index in [0.717, 1.165) is 22.2 Å². The van der Waals surface area contributed by atoms with Crippen LogP contribution >= 0.6 is 0 Å². The summed E-state index contributed by atoms with van der Waals surface area (Å²) >= 11 is 0. The minimum atomic E-state index is 0.465. The Hall–Kier alpha value is -3.14. The van der Waals surface area contributed by atoms with Crippen molar-refractivity contribution in [2.24, 2.45) is 0 Å². The Labute approximate surface area is 146 Å². The lowest BCUT2D eigenvalue weighted by Crippen LogP contribution is -2.02. The fourth-order valence-corrected chi connectivity index (χ4v) is 3.11. The van der Waals surface area contributed by atoms with Crippen LogP contribution in [0.4, 0.5) is 0 Å². The number of aryl methyl sites for hydroxylation is 1. The van der Waals surface area contributed by atoms with Crippen LogP contribution in [0.3, 0.4) is 0 Å². The summed E-state index contributed by atoms with van der Waals surface area (Å²) in [5.41, 5.74) is 5.52. The highest BCUT2D eigenvalue weighted by atomic mass is 16.5. The van der Waals surface area contributed by atoms with Gasteiger partial charge in [-0.2, -0.15) is 5.10 Å². The summed E-state index contributed by atoms with van der Waals surface area (Å²) in [6.45, 7) is 4.69. The maximum atomic E-state index is 6.04. The van der Waals surface area contributed by atoms with Crippen LogP contribution < -0.4 is 4.74 Å². The predicted molar refractivity (Wildman–Crippen MR) is 99.1 cm³/mol. The molecule has 0 atom stereocenters. The summed E-state index contributed by atoms with van der Waals surface area (Å²) in [4.78, 5) is 0. The molecular weight excluding hydrogens is 310 g/mol. The zero-order chi connectivity index (χ0) is 17.2. The van der Waals surface area contributed by atoms with Gasteiger partial charge in [0.25, 0.3) is 5.88 Å². The molecule has 4 nitrogen and oxygen atoms in total. The van der Waals surface area contributed by atoms with Crippen molar-refractivity contribution in [2.75, 3.05) is 0 Å². The van der Waals surface area contributed by atoms with Gasteiger partial charge in [0.15, 0.2) is 0 Å². The number of aromatic nitrogens is 3. The molecule has 0 amide bonds. The van der Waals surface area contributed by atoms with E-state index in [0.29, 0.717) is 12.5 Å². The third-order valence-electron chi connectivity index (χ3n) is 4.53. The summed E-state index contributed by atoms with van der Waals surface area (Å²) in [6, 6.07) is 20.4. The highest BCUT2D eigenvalue weighted by Crippen LogP contribution is 2.33. The second kappa shape index (κ2) is 6.40. The average molecular weight is 329 g/mol. The van der Waals surface area contributed by atoms with Crippen LogP contribution in [0, 0.1) is 13.8 Å². The first-order valence-corrected chi connectivity index (χ1v) is 8.31. The third-order valence-corrected chi connectivity index (χ3v) is 4.53. The number of fused-ring (bicyclic) bond motifs is 1. The van der Waals surface area contributed by atoms with Crippen molar-refractivity contribution in [3.8, 4) is 11.6 Å². The number of ether oxygens (including phenoxy) is 1. The van der Waals surface area contributed by atoms with Crippen molar-refractivity contribution >= 4 is 10.9 Å². The molecule has 124 valence electrons. The Kier molecular flexibility index (Phi) is 3.94. The van der Waals surface area contributed by atoms with Gasteiger partial charge < -0.3 is 9.30 Å². The lowest BCUT2D eigenvalue weighted by atomic mass is 10.2. The van der Waals surface area contributed by atoms with E-state index in [1.54, 1.807) is 0 Å². The predicted octanol–water partition coefficient (Wildman–Crippen LogP) is 4.62. The SMILES string of the molecule is Cc1c(C)n(-c2ccccc2)c2c(OCc3ccccc3)nncc12. The van der Waals surface area contributed by atoms with E-state index in [4.69, 9.17) is 4.74 Å². The first kappa shape index (κ1) is 15.4. The van der Waals surface area contributed by atoms with Gasteiger partial charge in [-0.25, -0.2) is 0 Å². The van der Waals surface area contributed by atoms with Gasteiger partial charge in [0.2, 0.25) is 0 Å². The van der Waals surface area contributed by atoms with Gasteiger partial charge in [-0.1, -0.05) is 48.5 Å². The summed E-state index contributed by atoms with van der Waals surface area (Å²) in [6.07, 6.45) is 1.81. The number of rotatable bonds is 4. The first-order valence-electron chi connectivity index (χ1n) is 8.31. The highest BCUT2D eigenvalue weighted by molar-refractivity contribution is 5.89. The number of nitrogens with zero attached hydrogens (tertiary/aromatic N) is 3. The number of para-hydroxylation sites is 1. The smallest absolute Gasteiger partial charge is 0.258 e. The fraction of sp³-hybridized carbons (Fsp3) is 0.143. The number of hydrogen-bond donors (Lipinski definition) is 0. The molecular formula is C21H19N3O. The Bertz CT molecular complexity index is 1010. The molecule has 0 saturated heterocycles. The number of hydrogen-bond acceptors (Lipinski definition) is 3. The Balaban J connectivity index is 1.84. The van der Waals surface area contributed by atoms with Crippen molar-refractivity contribution in [3.63, 3.8) is 0 Å². The first-order chi connectivity index (χ1) is 12.3. The van der Waals surface area contributed by atoms with Crippen LogP contribution in [0.5, 0.6) is 5.88 Å². The van der Waals surface area contributed by atoms with Gasteiger partial charge in [0.05, 0.1) is 6.20 Å². The molecule has 0 unspecified atom stereocenters. The van der Waals surface area contributed by atoms with E-state index in [1.807, 2.05) is 54.7 Å². The van der Waals surface area contributed by atoms with Gasteiger partial charge in [0.1, 0.15) is 12.1 Å². The van der Waals surface area contributed by atoms with Crippen molar-refractivity contribution in [2.45, 2.75) is 20.5 Å². The Morgan fingerprint density at radius 2 is 1.60 bits per heavy atom. The molecule has 0 bridgehead atoms. The third kappa shape index (κ3) is 2.76. The summed E-state index contributed by atoms with van der Waals surface area (Å²) in [7, 11) is 0. The minimum absolute atomic E-state index is 0.465. The molecule has 2 aromatic heterocycles. The monoisotopic (exact) mass is 329 g/mol. The molecule has 2 aromatic carbocycles. The summed E-state index contributed by atoms with van der Waals surface area (Å²) in [5, 5.41) is 9.48. The van der Waals surface area contributed by atoms with E-state index >= 15 is 0 Å². The molecule has 0 saturated carbocycles. The maximum absolute atomic E-state index is 6.04. The second-order valence-corrected chi connectivity index (χ2v) is 6.07. The van der Waals surface area contributed by atoms with Crippen molar-refractivity contribution < 1.29 is 4.74 Å². The lowest BCUT2D eigenvalue weighted by molar-refractivity contribution is 0.293. The van der Waals surface area contributed by atoms with Crippen LogP contribution in [-0.2, 0) is 6.61 Å². The van der Waals surface area contributed by atoms with Crippen molar-refractivity contribution in [3.05, 3.63) is 83.7 Å². The molecule has 0 aliphatic rings. The minimum Gasteiger partial charge on any atom is -0.470 e. The molecule has 4 heteroatoms. The Morgan fingerprint density at radius 3 is 2.32 bits per heavy atom.